The summed E-state index contributed by atoms with van der Waals surface area (Å²) in [5.74, 6) is -0.0123. The summed E-state index contributed by atoms with van der Waals surface area (Å²) in [6.07, 6.45) is 0.526. The molecule has 2 aromatic carbocycles. The fourth-order valence-electron chi connectivity index (χ4n) is 2.69. The molecule has 0 fully saturated rings. The average Bonchev–Trinajstić information content (AvgIpc) is 2.66. The largest absolute Gasteiger partial charge is 0.507 e. The third kappa shape index (κ3) is 6.27. The molecule has 0 amide bonds. The van der Waals surface area contributed by atoms with Gasteiger partial charge in [-0.25, -0.2) is 4.79 Å². The number of carbonyl (C=O) groups is 1. The molecule has 0 bridgehead atoms. The number of aliphatic hydroxyl groups is 1. The van der Waals surface area contributed by atoms with Crippen molar-refractivity contribution in [2.45, 2.75) is 39.2 Å². The number of aromatic hydroxyl groups is 1. The standard InChI is InChI=1S/C19H16O4.C4H11NO/c1-12(20)10-13-6-2-3-7-14(13)11-16-18(21)15-8-4-5-9-17(15)23-19(16)22;1-4(2,6)3-5/h2-9,21H,10-11H2,1H3;6H,3,5H2,1-2H3. The molecule has 4 N–H and O–H groups in total. The van der Waals surface area contributed by atoms with Gasteiger partial charge in [-0.05, 0) is 44.0 Å². The van der Waals surface area contributed by atoms with Crippen LogP contribution in [0.25, 0.3) is 11.0 Å². The van der Waals surface area contributed by atoms with E-state index in [-0.39, 0.29) is 23.5 Å². The smallest absolute Gasteiger partial charge is 0.343 e. The molecule has 154 valence electrons. The van der Waals surface area contributed by atoms with Crippen LogP contribution < -0.4 is 11.4 Å². The van der Waals surface area contributed by atoms with Gasteiger partial charge in [-0.3, -0.25) is 4.79 Å². The molecule has 0 aliphatic rings. The second kappa shape index (κ2) is 9.49. The Morgan fingerprint density at radius 1 is 1.07 bits per heavy atom. The van der Waals surface area contributed by atoms with E-state index in [1.165, 1.54) is 6.92 Å². The molecular weight excluding hydrogens is 370 g/mol. The summed E-state index contributed by atoms with van der Waals surface area (Å²) in [6.45, 7) is 5.20. The quantitative estimate of drug-likeness (QED) is 0.571. The van der Waals surface area contributed by atoms with E-state index in [9.17, 15) is 14.7 Å². The van der Waals surface area contributed by atoms with Gasteiger partial charge in [0.25, 0.3) is 0 Å². The van der Waals surface area contributed by atoms with Crippen molar-refractivity contribution in [3.63, 3.8) is 0 Å². The van der Waals surface area contributed by atoms with Gasteiger partial charge in [0.2, 0.25) is 0 Å². The van der Waals surface area contributed by atoms with Crippen LogP contribution >= 0.6 is 0 Å². The number of fused-ring (bicyclic) bond motifs is 1. The van der Waals surface area contributed by atoms with Crippen molar-refractivity contribution in [1.29, 1.82) is 0 Å². The van der Waals surface area contributed by atoms with Crippen LogP contribution in [-0.2, 0) is 17.6 Å². The van der Waals surface area contributed by atoms with Crippen molar-refractivity contribution in [2.75, 3.05) is 6.54 Å². The third-order valence-corrected chi connectivity index (χ3v) is 4.30. The van der Waals surface area contributed by atoms with Crippen LogP contribution in [0.3, 0.4) is 0 Å². The van der Waals surface area contributed by atoms with Crippen LogP contribution in [-0.4, -0.2) is 28.1 Å². The predicted molar refractivity (Wildman–Crippen MR) is 113 cm³/mol. The molecule has 1 heterocycles. The lowest BCUT2D eigenvalue weighted by Crippen LogP contribution is -2.29. The van der Waals surface area contributed by atoms with Crippen molar-refractivity contribution in [3.8, 4) is 5.75 Å². The molecule has 0 unspecified atom stereocenters. The molecule has 0 aliphatic carbocycles. The number of carbonyl (C=O) groups excluding carboxylic acids is 1. The van der Waals surface area contributed by atoms with E-state index in [1.54, 1.807) is 38.1 Å². The van der Waals surface area contributed by atoms with Gasteiger partial charge in [-0.15, -0.1) is 0 Å². The molecule has 6 nitrogen and oxygen atoms in total. The number of nitrogens with two attached hydrogens (primary N) is 1. The maximum atomic E-state index is 12.2. The lowest BCUT2D eigenvalue weighted by atomic mass is 9.96. The number of para-hydroxylation sites is 1. The Balaban J connectivity index is 0.000000438. The van der Waals surface area contributed by atoms with Gasteiger partial charge < -0.3 is 20.4 Å². The van der Waals surface area contributed by atoms with Crippen molar-refractivity contribution >= 4 is 16.8 Å². The zero-order chi connectivity index (χ0) is 21.6. The third-order valence-electron chi connectivity index (χ3n) is 4.30. The minimum atomic E-state index is -0.681. The number of Topliss-reactive ketones (excluding diaryl/α,β-unsaturated/α-hetero) is 1. The highest BCUT2D eigenvalue weighted by atomic mass is 16.4. The van der Waals surface area contributed by atoms with Gasteiger partial charge in [0.15, 0.2) is 0 Å². The van der Waals surface area contributed by atoms with Gasteiger partial charge in [-0.1, -0.05) is 36.4 Å². The summed E-state index contributed by atoms with van der Waals surface area (Å²) in [5, 5.41) is 19.6. The highest BCUT2D eigenvalue weighted by Gasteiger charge is 2.16. The van der Waals surface area contributed by atoms with E-state index >= 15 is 0 Å². The van der Waals surface area contributed by atoms with E-state index in [2.05, 4.69) is 0 Å². The van der Waals surface area contributed by atoms with Crippen molar-refractivity contribution in [2.24, 2.45) is 5.73 Å². The molecule has 1 aromatic heterocycles. The fraction of sp³-hybridized carbons (Fsp3) is 0.304. The molecule has 3 rings (SSSR count). The zero-order valence-corrected chi connectivity index (χ0v) is 16.9. The first-order valence-electron chi connectivity index (χ1n) is 9.34. The maximum absolute atomic E-state index is 12.2. The zero-order valence-electron chi connectivity index (χ0n) is 16.9. The van der Waals surface area contributed by atoms with Gasteiger partial charge in [0, 0.05) is 19.4 Å². The first-order chi connectivity index (χ1) is 13.6. The van der Waals surface area contributed by atoms with Gasteiger partial charge >= 0.3 is 5.63 Å². The van der Waals surface area contributed by atoms with Gasteiger partial charge in [0.05, 0.1) is 16.6 Å². The lowest BCUT2D eigenvalue weighted by Gasteiger charge is -2.11. The molecule has 0 saturated heterocycles. The van der Waals surface area contributed by atoms with Crippen molar-refractivity contribution in [3.05, 3.63) is 75.6 Å². The monoisotopic (exact) mass is 397 g/mol. The van der Waals surface area contributed by atoms with Crippen LogP contribution in [0.1, 0.15) is 37.5 Å². The Morgan fingerprint density at radius 3 is 2.21 bits per heavy atom. The molecule has 6 heteroatoms. The molecule has 29 heavy (non-hydrogen) atoms. The van der Waals surface area contributed by atoms with E-state index in [0.29, 0.717) is 23.9 Å². The first kappa shape index (κ1) is 22.3. The minimum Gasteiger partial charge on any atom is -0.507 e. The van der Waals surface area contributed by atoms with Gasteiger partial charge in [0.1, 0.15) is 17.1 Å². The number of ketones is 1. The Hall–Kier alpha value is -2.96. The number of hydrogen-bond acceptors (Lipinski definition) is 6. The normalized spacial score (nSPS) is 11.1. The fourth-order valence-corrected chi connectivity index (χ4v) is 2.69. The average molecular weight is 397 g/mol. The molecule has 3 aromatic rings. The van der Waals surface area contributed by atoms with Crippen LogP contribution in [0.4, 0.5) is 0 Å². The van der Waals surface area contributed by atoms with E-state index in [4.69, 9.17) is 15.3 Å². The van der Waals surface area contributed by atoms with Crippen LogP contribution in [0.5, 0.6) is 5.75 Å². The Morgan fingerprint density at radius 2 is 1.62 bits per heavy atom. The van der Waals surface area contributed by atoms with E-state index < -0.39 is 11.2 Å². The molecule has 0 spiro atoms. The van der Waals surface area contributed by atoms with E-state index in [1.807, 2.05) is 24.3 Å². The van der Waals surface area contributed by atoms with Crippen LogP contribution in [0, 0.1) is 0 Å². The number of benzene rings is 2. The van der Waals surface area contributed by atoms with Crippen molar-refractivity contribution < 1.29 is 19.4 Å². The Bertz CT molecular complexity index is 1050. The minimum absolute atomic E-state index is 0.0483. The first-order valence-corrected chi connectivity index (χ1v) is 9.34. The Labute approximate surface area is 169 Å². The highest BCUT2D eigenvalue weighted by Crippen LogP contribution is 2.28. The molecule has 0 radical (unpaired) electrons. The maximum Gasteiger partial charge on any atom is 0.343 e. The summed E-state index contributed by atoms with van der Waals surface area (Å²) in [4.78, 5) is 23.6. The highest BCUT2D eigenvalue weighted by molar-refractivity contribution is 5.84. The Kier molecular flexibility index (Phi) is 7.31. The van der Waals surface area contributed by atoms with Crippen LogP contribution in [0.15, 0.2) is 57.7 Å². The summed E-state index contributed by atoms with van der Waals surface area (Å²) in [6, 6.07) is 14.3. The summed E-state index contributed by atoms with van der Waals surface area (Å²) in [7, 11) is 0. The predicted octanol–water partition coefficient (Wildman–Crippen LogP) is 2.94. The molecular formula is C23H27NO5. The number of hydrogen-bond donors (Lipinski definition) is 3. The molecule has 0 atom stereocenters. The number of rotatable bonds is 5. The summed E-state index contributed by atoms with van der Waals surface area (Å²) in [5.41, 5.74) is 6.07. The second-order valence-electron chi connectivity index (χ2n) is 7.55. The molecule has 0 aliphatic heterocycles. The summed E-state index contributed by atoms with van der Waals surface area (Å²) < 4.78 is 5.28. The van der Waals surface area contributed by atoms with E-state index in [0.717, 1.165) is 11.1 Å². The SMILES string of the molecule is CC(=O)Cc1ccccc1Cc1c(O)c2ccccc2oc1=O.CC(C)(O)CN. The summed E-state index contributed by atoms with van der Waals surface area (Å²) >= 11 is 0. The second-order valence-corrected chi connectivity index (χ2v) is 7.55. The van der Waals surface area contributed by atoms with Crippen LogP contribution in [0.2, 0.25) is 0 Å². The topological polar surface area (TPSA) is 114 Å². The van der Waals surface area contributed by atoms with Gasteiger partial charge in [-0.2, -0.15) is 0 Å². The lowest BCUT2D eigenvalue weighted by molar-refractivity contribution is -0.116. The van der Waals surface area contributed by atoms with Crippen molar-refractivity contribution in [1.82, 2.24) is 0 Å². The molecule has 0 saturated carbocycles.